The van der Waals surface area contributed by atoms with Gasteiger partial charge in [-0.05, 0) is 5.57 Å². The lowest BCUT2D eigenvalue weighted by Gasteiger charge is -2.49. The number of aromatic hydroxyl groups is 1. The number of hydrogen-bond donors (Lipinski definition) is 6. The number of pyridine rings is 2. The highest BCUT2D eigenvalue weighted by molar-refractivity contribution is 8.01. The average molecular weight is 775 g/mol. The number of aliphatic hydroxyl groups is 1. The molecule has 0 saturated carbocycles. The molecule has 2 atom stereocenters. The molecule has 0 spiro atoms. The number of aliphatic carboxylic acids is 1. The van der Waals surface area contributed by atoms with Gasteiger partial charge in [0.15, 0.2) is 35.5 Å². The molecule has 2 aliphatic rings. The summed E-state index contributed by atoms with van der Waals surface area (Å²) in [5.41, 5.74) is 5.78. The molecule has 2 amide bonds. The number of rotatable bonds is 15. The van der Waals surface area contributed by atoms with Gasteiger partial charge in [0.2, 0.25) is 5.43 Å². The highest BCUT2D eigenvalue weighted by Gasteiger charge is 2.54. The third-order valence-electron chi connectivity index (χ3n) is 7.23. The van der Waals surface area contributed by atoms with E-state index in [-0.39, 0.29) is 58.0 Å². The van der Waals surface area contributed by atoms with Crippen LogP contribution < -0.4 is 21.0 Å². The second-order valence-electron chi connectivity index (χ2n) is 10.6. The Labute approximate surface area is 304 Å². The molecule has 7 N–H and O–H groups in total. The van der Waals surface area contributed by atoms with E-state index in [0.717, 1.165) is 40.3 Å². The number of carbonyl (C=O) groups is 3. The van der Waals surface area contributed by atoms with Crippen molar-refractivity contribution in [1.82, 2.24) is 30.4 Å². The van der Waals surface area contributed by atoms with Crippen molar-refractivity contribution in [2.45, 2.75) is 28.1 Å². The Bertz CT molecular complexity index is 2070. The summed E-state index contributed by atoms with van der Waals surface area (Å²) in [6, 6.07) is 3.84. The standard InChI is InChI=1S/C29H27N9O9S4/c30-28-32-17(13-51-28)20(36-46-7-8-48-29-35-34-24(47-29)16-9-18(40)19(41)10-31-16)23(42)33-21-25(43)38-22(27(44)45)14(12-50-26(21)38)11-49-15-1-3-37(4-2-15)5-6-39/h1-4,9-10,13,21,26,39H,5-8,11-12H2,(H5-,30,31,32,33,34,36,40,41,42,44,45)/p+1/t21-,26-/m1/s1. The lowest BCUT2D eigenvalue weighted by Crippen LogP contribution is -2.71. The van der Waals surface area contributed by atoms with E-state index in [4.69, 9.17) is 20.1 Å². The number of nitrogen functional groups attached to an aromatic ring is 1. The maximum Gasteiger partial charge on any atom is 0.352 e. The van der Waals surface area contributed by atoms with Gasteiger partial charge in [-0.3, -0.25) is 19.3 Å². The smallest absolute Gasteiger partial charge is 0.352 e. The van der Waals surface area contributed by atoms with Crippen LogP contribution in [0.2, 0.25) is 0 Å². The summed E-state index contributed by atoms with van der Waals surface area (Å²) in [6.07, 6.45) is 4.75. The highest BCUT2D eigenvalue weighted by Crippen LogP contribution is 2.41. The van der Waals surface area contributed by atoms with Crippen molar-refractivity contribution in [3.05, 3.63) is 69.4 Å². The zero-order chi connectivity index (χ0) is 36.1. The fourth-order valence-corrected chi connectivity index (χ4v) is 8.31. The van der Waals surface area contributed by atoms with Gasteiger partial charge < -0.3 is 40.6 Å². The Kier molecular flexibility index (Phi) is 11.2. The highest BCUT2D eigenvalue weighted by atomic mass is 32.2. The van der Waals surface area contributed by atoms with Gasteiger partial charge in [0.05, 0.1) is 0 Å². The number of carboxylic acid groups (broad SMARTS) is 1. The van der Waals surface area contributed by atoms with E-state index in [1.807, 2.05) is 29.1 Å². The predicted molar refractivity (Wildman–Crippen MR) is 186 cm³/mol. The average Bonchev–Trinajstić information content (AvgIpc) is 3.78. The van der Waals surface area contributed by atoms with Crippen LogP contribution in [-0.4, -0.2) is 106 Å². The molecule has 6 heterocycles. The van der Waals surface area contributed by atoms with E-state index in [1.165, 1.54) is 33.8 Å². The number of carboxylic acids is 1. The SMILES string of the molecule is Nc1nc(/C(=N/OCCSc2nnc(-c3cc(=O)c(O)c[nH]3)o2)C(=O)N[C@@H]2C(=O)N3C(C(=O)O)=C(CSc4cc[n+](CCO)cc4)CS[C@H]23)cs1. The molecule has 0 aliphatic carbocycles. The second-order valence-corrected chi connectivity index (χ2v) is 14.7. The van der Waals surface area contributed by atoms with Crippen LogP contribution in [0.5, 0.6) is 5.75 Å². The first-order chi connectivity index (χ1) is 24.6. The monoisotopic (exact) mass is 774 g/mol. The number of aromatic amines is 1. The number of hydrogen-bond acceptors (Lipinski definition) is 17. The number of aliphatic hydroxyl groups excluding tert-OH is 1. The first-order valence-corrected chi connectivity index (χ1v) is 18.8. The number of nitrogens with one attached hydrogen (secondary N) is 2. The maximum atomic E-state index is 13.4. The fourth-order valence-electron chi connectivity index (χ4n) is 4.82. The Hall–Kier alpha value is -4.90. The first-order valence-electron chi connectivity index (χ1n) is 14.9. The van der Waals surface area contributed by atoms with Crippen LogP contribution in [0, 0.1) is 0 Å². The lowest BCUT2D eigenvalue weighted by atomic mass is 10.0. The molecule has 51 heavy (non-hydrogen) atoms. The van der Waals surface area contributed by atoms with E-state index in [9.17, 15) is 29.4 Å². The predicted octanol–water partition coefficient (Wildman–Crippen LogP) is 0.493. The van der Waals surface area contributed by atoms with E-state index in [1.54, 1.807) is 0 Å². The number of oxime groups is 1. The van der Waals surface area contributed by atoms with Crippen molar-refractivity contribution >= 4 is 75.2 Å². The molecule has 6 rings (SSSR count). The van der Waals surface area contributed by atoms with Crippen LogP contribution in [0.25, 0.3) is 11.6 Å². The van der Waals surface area contributed by atoms with Crippen molar-refractivity contribution in [2.24, 2.45) is 5.16 Å². The molecule has 266 valence electrons. The molecule has 1 fully saturated rings. The number of β-lactam (4-membered cyclic amide) rings is 1. The summed E-state index contributed by atoms with van der Waals surface area (Å²) in [5.74, 6) is -2.04. The fraction of sp³-hybridized carbons (Fsp3) is 0.276. The summed E-state index contributed by atoms with van der Waals surface area (Å²) in [5, 5.41) is 44.2. The minimum absolute atomic E-state index is 0.0113. The molecule has 0 bridgehead atoms. The third-order valence-corrected chi connectivity index (χ3v) is 11.1. The largest absolute Gasteiger partial charge is 0.503 e. The number of thiazole rings is 1. The van der Waals surface area contributed by atoms with E-state index < -0.39 is 40.4 Å². The normalized spacial score (nSPS) is 17.2. The van der Waals surface area contributed by atoms with Gasteiger partial charge in [-0.15, -0.1) is 45.1 Å². The number of nitrogens with two attached hydrogens (primary N) is 1. The molecule has 0 unspecified atom stereocenters. The summed E-state index contributed by atoms with van der Waals surface area (Å²) >= 11 is 4.98. The van der Waals surface area contributed by atoms with Gasteiger partial charge in [0, 0.05) is 51.9 Å². The summed E-state index contributed by atoms with van der Waals surface area (Å²) in [7, 11) is 0. The van der Waals surface area contributed by atoms with Crippen LogP contribution >= 0.6 is 46.6 Å². The van der Waals surface area contributed by atoms with Crippen LogP contribution in [0.15, 0.2) is 77.9 Å². The van der Waals surface area contributed by atoms with Gasteiger partial charge in [0.1, 0.15) is 41.7 Å². The van der Waals surface area contributed by atoms with Crippen molar-refractivity contribution in [1.29, 1.82) is 0 Å². The van der Waals surface area contributed by atoms with Crippen molar-refractivity contribution in [3.8, 4) is 17.3 Å². The summed E-state index contributed by atoms with van der Waals surface area (Å²) in [4.78, 5) is 65.1. The number of carbonyl (C=O) groups excluding carboxylic acids is 2. The van der Waals surface area contributed by atoms with Gasteiger partial charge in [-0.2, -0.15) is 0 Å². The lowest BCUT2D eigenvalue weighted by molar-refractivity contribution is -0.698. The topological polar surface area (TPSA) is 263 Å². The second kappa shape index (κ2) is 16.0. The van der Waals surface area contributed by atoms with Gasteiger partial charge in [-0.1, -0.05) is 16.9 Å². The Morgan fingerprint density at radius 2 is 2.06 bits per heavy atom. The van der Waals surface area contributed by atoms with E-state index in [0.29, 0.717) is 23.6 Å². The van der Waals surface area contributed by atoms with E-state index >= 15 is 0 Å². The minimum atomic E-state index is -1.23. The molecular weight excluding hydrogens is 747 g/mol. The van der Waals surface area contributed by atoms with Crippen molar-refractivity contribution < 1.29 is 43.5 Å². The molecule has 22 heteroatoms. The van der Waals surface area contributed by atoms with Crippen LogP contribution in [0.1, 0.15) is 5.69 Å². The molecular formula is C29H28N9O9S4+. The molecule has 4 aromatic heterocycles. The zero-order valence-electron chi connectivity index (χ0n) is 26.1. The summed E-state index contributed by atoms with van der Waals surface area (Å²) < 4.78 is 7.34. The molecule has 18 nitrogen and oxygen atoms in total. The first kappa shape index (κ1) is 35.9. The number of amides is 2. The summed E-state index contributed by atoms with van der Waals surface area (Å²) in [6.45, 7) is 0.462. The molecule has 2 aliphatic heterocycles. The minimum Gasteiger partial charge on any atom is -0.503 e. The number of nitrogens with zero attached hydrogens (tertiary/aromatic N) is 6. The van der Waals surface area contributed by atoms with Crippen LogP contribution in [-0.2, 0) is 25.8 Å². The van der Waals surface area contributed by atoms with Crippen LogP contribution in [0.4, 0.5) is 5.13 Å². The number of thioether (sulfide) groups is 3. The molecule has 4 aromatic rings. The van der Waals surface area contributed by atoms with Crippen LogP contribution in [0.3, 0.4) is 0 Å². The number of H-pyrrole nitrogens is 1. The number of aromatic nitrogens is 5. The quantitative estimate of drug-likeness (QED) is 0.0240. The molecule has 0 aromatic carbocycles. The number of fused-ring (bicyclic) bond motifs is 1. The van der Waals surface area contributed by atoms with Gasteiger partial charge in [-0.25, -0.2) is 14.3 Å². The van der Waals surface area contributed by atoms with Crippen molar-refractivity contribution in [3.63, 3.8) is 0 Å². The van der Waals surface area contributed by atoms with Gasteiger partial charge in [0.25, 0.3) is 22.9 Å². The maximum absolute atomic E-state index is 13.4. The zero-order valence-corrected chi connectivity index (χ0v) is 29.4. The van der Waals surface area contributed by atoms with Gasteiger partial charge >= 0.3 is 5.97 Å². The number of anilines is 1. The molecule has 1 saturated heterocycles. The Morgan fingerprint density at radius 3 is 2.76 bits per heavy atom. The van der Waals surface area contributed by atoms with Crippen molar-refractivity contribution in [2.75, 3.05) is 36.2 Å². The molecule has 0 radical (unpaired) electrons. The van der Waals surface area contributed by atoms with E-state index in [2.05, 4.69) is 30.6 Å². The Morgan fingerprint density at radius 1 is 1.25 bits per heavy atom. The Balaban J connectivity index is 1.07. The third kappa shape index (κ3) is 8.20.